The van der Waals surface area contributed by atoms with E-state index in [1.807, 2.05) is 0 Å². The topological polar surface area (TPSA) is 114 Å². The zero-order valence-electron chi connectivity index (χ0n) is 28.4. The van der Waals surface area contributed by atoms with E-state index in [1.54, 1.807) is 45.9 Å². The molecule has 2 N–H and O–H groups in total. The van der Waals surface area contributed by atoms with Crippen LogP contribution in [0.15, 0.2) is 42.5 Å². The summed E-state index contributed by atoms with van der Waals surface area (Å²) in [5.41, 5.74) is -2.68. The summed E-state index contributed by atoms with van der Waals surface area (Å²) < 4.78 is 39.7. The number of alkyl halides is 2. The first-order valence-electron chi connectivity index (χ1n) is 15.5. The van der Waals surface area contributed by atoms with Gasteiger partial charge in [-0.3, -0.25) is 9.59 Å². The van der Waals surface area contributed by atoms with Gasteiger partial charge in [-0.05, 0) is 89.4 Å². The molecule has 3 aromatic rings. The van der Waals surface area contributed by atoms with Crippen molar-refractivity contribution in [3.63, 3.8) is 0 Å². The van der Waals surface area contributed by atoms with Crippen LogP contribution in [0.4, 0.5) is 35.4 Å². The lowest BCUT2D eigenvalue weighted by molar-refractivity contribution is -0.117. The van der Waals surface area contributed by atoms with E-state index in [-0.39, 0.29) is 26.2 Å². The summed E-state index contributed by atoms with van der Waals surface area (Å²) in [6, 6.07) is 8.65. The number of nitrogens with one attached hydrogen (secondary N) is 2. The molecule has 0 radical (unpaired) electrons. The molecular formula is C35H34Cl5F2N3O6. The Bertz CT molecular complexity index is 1920. The second-order valence-electron chi connectivity index (χ2n) is 13.5. The number of carbonyl (C=O) groups is 4. The number of carbonyl (C=O) groups excluding carboxylic acids is 4. The van der Waals surface area contributed by atoms with Gasteiger partial charge in [0.2, 0.25) is 5.91 Å². The van der Waals surface area contributed by atoms with E-state index < -0.39 is 74.4 Å². The van der Waals surface area contributed by atoms with Crippen molar-refractivity contribution >= 4 is 99.1 Å². The van der Waals surface area contributed by atoms with Crippen molar-refractivity contribution in [3.05, 3.63) is 85.9 Å². The third-order valence-electron chi connectivity index (χ3n) is 7.90. The maximum Gasteiger partial charge on any atom is 0.424 e. The van der Waals surface area contributed by atoms with Crippen molar-refractivity contribution in [2.45, 2.75) is 76.3 Å². The molecule has 16 heteroatoms. The van der Waals surface area contributed by atoms with Crippen LogP contribution in [0.25, 0.3) is 0 Å². The Kier molecular flexibility index (Phi) is 11.8. The largest absolute Gasteiger partial charge is 0.443 e. The van der Waals surface area contributed by atoms with Gasteiger partial charge in [0.05, 0.1) is 37.9 Å². The molecule has 0 saturated heterocycles. The summed E-state index contributed by atoms with van der Waals surface area (Å²) in [7, 11) is 0. The SMILES string of the molecule is CCC(C)(C)OC(=O)N(C(=O)OC(C)(C)C)c1cc(NC(=O)c2cc(NC(=O)[C@H]3[C@H](c4ccc(Cl)c(Cl)c4)C3(Cl)Cl)cc(C)c2Cl)c(F)cc1F. The molecule has 1 aliphatic rings. The Hall–Kier alpha value is -3.35. The summed E-state index contributed by atoms with van der Waals surface area (Å²) in [4.78, 5) is 53.6. The highest BCUT2D eigenvalue weighted by Crippen LogP contribution is 2.65. The minimum absolute atomic E-state index is 0.0434. The van der Waals surface area contributed by atoms with E-state index in [9.17, 15) is 19.2 Å². The van der Waals surface area contributed by atoms with Crippen molar-refractivity contribution in [1.29, 1.82) is 0 Å². The van der Waals surface area contributed by atoms with Crippen LogP contribution in [0, 0.1) is 24.5 Å². The number of benzene rings is 3. The van der Waals surface area contributed by atoms with Crippen molar-refractivity contribution in [1.82, 2.24) is 0 Å². The molecule has 0 heterocycles. The first-order valence-corrected chi connectivity index (χ1v) is 17.4. The van der Waals surface area contributed by atoms with E-state index in [1.165, 1.54) is 32.9 Å². The molecule has 4 amide bonds. The van der Waals surface area contributed by atoms with Crippen LogP contribution in [0.1, 0.15) is 75.4 Å². The molecule has 4 rings (SSSR count). The van der Waals surface area contributed by atoms with Crippen LogP contribution in [0.5, 0.6) is 0 Å². The number of halogens is 7. The fourth-order valence-electron chi connectivity index (χ4n) is 4.93. The number of hydrogen-bond donors (Lipinski definition) is 2. The van der Waals surface area contributed by atoms with E-state index in [0.717, 1.165) is 6.07 Å². The van der Waals surface area contributed by atoms with Crippen LogP contribution in [-0.4, -0.2) is 39.5 Å². The first-order chi connectivity index (χ1) is 23.5. The maximum atomic E-state index is 15.3. The molecule has 2 atom stereocenters. The van der Waals surface area contributed by atoms with Gasteiger partial charge in [0.1, 0.15) is 21.4 Å². The lowest BCUT2D eigenvalue weighted by Crippen LogP contribution is -2.44. The summed E-state index contributed by atoms with van der Waals surface area (Å²) >= 11 is 31.6. The fraction of sp³-hybridized carbons (Fsp3) is 0.371. The second kappa shape index (κ2) is 14.9. The predicted octanol–water partition coefficient (Wildman–Crippen LogP) is 11.1. The molecule has 0 unspecified atom stereocenters. The summed E-state index contributed by atoms with van der Waals surface area (Å²) in [5.74, 6) is -5.63. The van der Waals surface area contributed by atoms with E-state index in [2.05, 4.69) is 10.6 Å². The van der Waals surface area contributed by atoms with Gasteiger partial charge in [-0.2, -0.15) is 4.90 Å². The summed E-state index contributed by atoms with van der Waals surface area (Å²) in [6.07, 6.45) is -2.26. The monoisotopic (exact) mass is 805 g/mol. The molecule has 0 spiro atoms. The first kappa shape index (κ1) is 40.4. The standard InChI is InChI=1S/C35H34Cl5F2N3O6/c1-8-34(6,7)51-32(49)45(31(48)50-33(3,4)5)25-15-24(22(41)14-23(25)42)44-29(46)19-13-18(11-16(2)28(19)38)43-30(47)27-26(35(27,39)40)17-9-10-20(36)21(37)12-17/h9-15,26-27H,8H2,1-7H3,(H,43,47)(H,44,46)/t26-,27+/m0/s1. The number of amides is 4. The molecular weight excluding hydrogens is 774 g/mol. The third kappa shape index (κ3) is 9.18. The molecule has 9 nitrogen and oxygen atoms in total. The van der Waals surface area contributed by atoms with Gasteiger partial charge in [0, 0.05) is 17.7 Å². The number of aryl methyl sites for hydroxylation is 1. The highest BCUT2D eigenvalue weighted by atomic mass is 35.5. The Labute approximate surface area is 318 Å². The molecule has 1 aliphatic carbocycles. The molecule has 0 aliphatic heterocycles. The third-order valence-corrected chi connectivity index (χ3v) is 10.1. The Morgan fingerprint density at radius 2 is 1.49 bits per heavy atom. The lowest BCUT2D eigenvalue weighted by atomic mass is 10.1. The van der Waals surface area contributed by atoms with E-state index in [4.69, 9.17) is 67.5 Å². The number of rotatable bonds is 8. The van der Waals surface area contributed by atoms with Gasteiger partial charge in [-0.15, -0.1) is 23.2 Å². The summed E-state index contributed by atoms with van der Waals surface area (Å²) in [6.45, 7) is 11.0. The highest BCUT2D eigenvalue weighted by molar-refractivity contribution is 6.53. The second-order valence-corrected chi connectivity index (χ2v) is 16.1. The average Bonchev–Trinajstić information content (AvgIpc) is 3.58. The molecule has 1 saturated carbocycles. The van der Waals surface area contributed by atoms with Gasteiger partial charge >= 0.3 is 12.2 Å². The van der Waals surface area contributed by atoms with Crippen molar-refractivity contribution in [3.8, 4) is 0 Å². The van der Waals surface area contributed by atoms with E-state index in [0.29, 0.717) is 28.6 Å². The van der Waals surface area contributed by atoms with Crippen LogP contribution in [0.3, 0.4) is 0 Å². The van der Waals surface area contributed by atoms with Gasteiger partial charge in [0.25, 0.3) is 5.91 Å². The van der Waals surface area contributed by atoms with Crippen LogP contribution < -0.4 is 15.5 Å². The van der Waals surface area contributed by atoms with Gasteiger partial charge in [0.15, 0.2) is 5.82 Å². The van der Waals surface area contributed by atoms with Gasteiger partial charge < -0.3 is 20.1 Å². The van der Waals surface area contributed by atoms with Gasteiger partial charge in [-0.25, -0.2) is 18.4 Å². The van der Waals surface area contributed by atoms with Crippen LogP contribution in [-0.2, 0) is 14.3 Å². The molecule has 274 valence electrons. The lowest BCUT2D eigenvalue weighted by Gasteiger charge is -2.30. The Balaban J connectivity index is 1.63. The minimum Gasteiger partial charge on any atom is -0.443 e. The quantitative estimate of drug-likeness (QED) is 0.219. The number of hydrogen-bond acceptors (Lipinski definition) is 6. The molecule has 0 bridgehead atoms. The van der Waals surface area contributed by atoms with Crippen LogP contribution >= 0.6 is 58.0 Å². The van der Waals surface area contributed by atoms with Crippen molar-refractivity contribution in [2.75, 3.05) is 15.5 Å². The Morgan fingerprint density at radius 3 is 2.08 bits per heavy atom. The average molecular weight is 808 g/mol. The minimum atomic E-state index is -1.47. The zero-order chi connectivity index (χ0) is 38.4. The van der Waals surface area contributed by atoms with Crippen molar-refractivity contribution < 1.29 is 37.4 Å². The predicted molar refractivity (Wildman–Crippen MR) is 196 cm³/mol. The molecule has 1 fully saturated rings. The summed E-state index contributed by atoms with van der Waals surface area (Å²) in [5, 5.41) is 5.51. The number of ether oxygens (including phenoxy) is 2. The maximum absolute atomic E-state index is 15.3. The zero-order valence-corrected chi connectivity index (χ0v) is 32.2. The smallest absolute Gasteiger partial charge is 0.424 e. The normalized spacial score (nSPS) is 16.6. The number of nitrogens with zero attached hydrogens (tertiary/aromatic N) is 1. The van der Waals surface area contributed by atoms with Crippen molar-refractivity contribution in [2.24, 2.45) is 5.92 Å². The molecule has 0 aromatic heterocycles. The van der Waals surface area contributed by atoms with Gasteiger partial charge in [-0.1, -0.05) is 47.8 Å². The fourth-order valence-corrected chi connectivity index (χ4v) is 6.26. The number of anilines is 3. The number of imide groups is 1. The highest BCUT2D eigenvalue weighted by Gasteiger charge is 2.67. The van der Waals surface area contributed by atoms with Crippen LogP contribution in [0.2, 0.25) is 15.1 Å². The molecule has 51 heavy (non-hydrogen) atoms. The molecule has 3 aromatic carbocycles. The Morgan fingerprint density at radius 1 is 0.863 bits per heavy atom. The van der Waals surface area contributed by atoms with E-state index >= 15 is 8.78 Å².